The first-order chi connectivity index (χ1) is 13.5. The Morgan fingerprint density at radius 3 is 2.61 bits per heavy atom. The number of benzene rings is 1. The van der Waals surface area contributed by atoms with Crippen molar-refractivity contribution >= 4 is 23.7 Å². The van der Waals surface area contributed by atoms with E-state index >= 15 is 0 Å². The summed E-state index contributed by atoms with van der Waals surface area (Å²) in [5.74, 6) is 0.976. The summed E-state index contributed by atoms with van der Waals surface area (Å²) >= 11 is 1.40. The van der Waals surface area contributed by atoms with Gasteiger partial charge in [0.05, 0.1) is 20.3 Å². The Balaban J connectivity index is 1.95. The molecule has 1 aliphatic heterocycles. The molecule has 1 aliphatic rings. The minimum absolute atomic E-state index is 0.286. The SMILES string of the molecule is COC(=O)[C@@H](Sc1nnc(N2CCOCC2)n1CC(C)C)c1ccccc1C. The summed E-state index contributed by atoms with van der Waals surface area (Å²) in [6.45, 7) is 10.1. The molecule has 7 nitrogen and oxygen atoms in total. The standard InChI is InChI=1S/C20H28N4O3S/c1-14(2)13-24-19(23-9-11-27-12-10-23)21-22-20(24)28-17(18(25)26-4)16-8-6-5-7-15(16)3/h5-8,14,17H,9-13H2,1-4H3/t17-/m0/s1. The summed E-state index contributed by atoms with van der Waals surface area (Å²) in [5.41, 5.74) is 1.99. The number of esters is 1. The van der Waals surface area contributed by atoms with E-state index in [9.17, 15) is 4.79 Å². The molecule has 0 spiro atoms. The number of anilines is 1. The molecule has 2 aromatic rings. The van der Waals surface area contributed by atoms with Crippen LogP contribution in [-0.2, 0) is 20.8 Å². The molecule has 0 bridgehead atoms. The fraction of sp³-hybridized carbons (Fsp3) is 0.550. The van der Waals surface area contributed by atoms with Gasteiger partial charge in [-0.15, -0.1) is 10.2 Å². The van der Waals surface area contributed by atoms with Crippen molar-refractivity contribution in [1.82, 2.24) is 14.8 Å². The average Bonchev–Trinajstić information content (AvgIpc) is 3.08. The lowest BCUT2D eigenvalue weighted by Crippen LogP contribution is -2.38. The predicted octanol–water partition coefficient (Wildman–Crippen LogP) is 3.09. The second-order valence-electron chi connectivity index (χ2n) is 7.26. The Labute approximate surface area is 170 Å². The molecule has 0 aliphatic carbocycles. The molecule has 1 aromatic heterocycles. The quantitative estimate of drug-likeness (QED) is 0.519. The van der Waals surface area contributed by atoms with Gasteiger partial charge in [-0.1, -0.05) is 49.9 Å². The van der Waals surface area contributed by atoms with Crippen LogP contribution in [0.5, 0.6) is 0 Å². The first-order valence-corrected chi connectivity index (χ1v) is 10.4. The third-order valence-electron chi connectivity index (χ3n) is 4.65. The minimum Gasteiger partial charge on any atom is -0.468 e. The van der Waals surface area contributed by atoms with Crippen LogP contribution in [0.3, 0.4) is 0 Å². The molecule has 1 fully saturated rings. The number of thioether (sulfide) groups is 1. The van der Waals surface area contributed by atoms with Crippen LogP contribution in [0.1, 0.15) is 30.2 Å². The molecule has 1 saturated heterocycles. The lowest BCUT2D eigenvalue weighted by molar-refractivity contribution is -0.140. The van der Waals surface area contributed by atoms with Crippen LogP contribution in [0.2, 0.25) is 0 Å². The maximum Gasteiger partial charge on any atom is 0.323 e. The summed E-state index contributed by atoms with van der Waals surface area (Å²) in [4.78, 5) is 14.8. The van der Waals surface area contributed by atoms with Crippen LogP contribution in [0.4, 0.5) is 5.95 Å². The van der Waals surface area contributed by atoms with E-state index in [2.05, 4.69) is 33.5 Å². The average molecular weight is 405 g/mol. The predicted molar refractivity (Wildman–Crippen MR) is 110 cm³/mol. The smallest absolute Gasteiger partial charge is 0.323 e. The van der Waals surface area contributed by atoms with Crippen molar-refractivity contribution in [2.24, 2.45) is 5.92 Å². The number of aromatic nitrogens is 3. The molecular weight excluding hydrogens is 376 g/mol. The monoisotopic (exact) mass is 404 g/mol. The maximum atomic E-state index is 12.6. The number of methoxy groups -OCH3 is 1. The number of ether oxygens (including phenoxy) is 2. The highest BCUT2D eigenvalue weighted by Crippen LogP contribution is 2.38. The summed E-state index contributed by atoms with van der Waals surface area (Å²) in [6, 6.07) is 7.88. The molecule has 0 saturated carbocycles. The second kappa shape index (κ2) is 9.43. The third kappa shape index (κ3) is 4.67. The van der Waals surface area contributed by atoms with Crippen molar-refractivity contribution in [3.8, 4) is 0 Å². The Kier molecular flexibility index (Phi) is 6.96. The summed E-state index contributed by atoms with van der Waals surface area (Å²) in [7, 11) is 1.42. The Hall–Kier alpha value is -2.06. The zero-order valence-corrected chi connectivity index (χ0v) is 17.7. The molecule has 152 valence electrons. The van der Waals surface area contributed by atoms with Crippen LogP contribution in [0.25, 0.3) is 0 Å². The third-order valence-corrected chi connectivity index (χ3v) is 5.84. The molecule has 0 radical (unpaired) electrons. The number of hydrogen-bond donors (Lipinski definition) is 0. The van der Waals surface area contributed by atoms with E-state index < -0.39 is 5.25 Å². The van der Waals surface area contributed by atoms with Crippen molar-refractivity contribution in [3.05, 3.63) is 35.4 Å². The fourth-order valence-electron chi connectivity index (χ4n) is 3.22. The van der Waals surface area contributed by atoms with Crippen molar-refractivity contribution in [2.45, 2.75) is 37.7 Å². The number of morpholine rings is 1. The van der Waals surface area contributed by atoms with Gasteiger partial charge in [0.1, 0.15) is 5.25 Å². The van der Waals surface area contributed by atoms with Crippen LogP contribution in [0.15, 0.2) is 29.4 Å². The highest BCUT2D eigenvalue weighted by Gasteiger charge is 2.29. The van der Waals surface area contributed by atoms with E-state index in [1.54, 1.807) is 0 Å². The van der Waals surface area contributed by atoms with E-state index in [0.29, 0.717) is 19.1 Å². The molecule has 28 heavy (non-hydrogen) atoms. The van der Waals surface area contributed by atoms with Gasteiger partial charge >= 0.3 is 5.97 Å². The molecule has 8 heteroatoms. The van der Waals surface area contributed by atoms with Crippen LogP contribution >= 0.6 is 11.8 Å². The van der Waals surface area contributed by atoms with E-state index in [4.69, 9.17) is 9.47 Å². The second-order valence-corrected chi connectivity index (χ2v) is 8.34. The summed E-state index contributed by atoms with van der Waals surface area (Å²) < 4.78 is 12.7. The van der Waals surface area contributed by atoms with Gasteiger partial charge in [0.25, 0.3) is 0 Å². The Bertz CT molecular complexity index is 802. The molecule has 3 rings (SSSR count). The topological polar surface area (TPSA) is 69.5 Å². The lowest BCUT2D eigenvalue weighted by atomic mass is 10.1. The van der Waals surface area contributed by atoms with Crippen molar-refractivity contribution in [3.63, 3.8) is 0 Å². The molecule has 2 heterocycles. The number of aryl methyl sites for hydroxylation is 1. The summed E-state index contributed by atoms with van der Waals surface area (Å²) in [6.07, 6.45) is 0. The Morgan fingerprint density at radius 2 is 1.96 bits per heavy atom. The molecule has 0 N–H and O–H groups in total. The van der Waals surface area contributed by atoms with Gasteiger partial charge in [-0.25, -0.2) is 0 Å². The normalized spacial score (nSPS) is 15.7. The summed E-state index contributed by atoms with van der Waals surface area (Å²) in [5, 5.41) is 9.14. The van der Waals surface area contributed by atoms with Crippen LogP contribution in [-0.4, -0.2) is 54.1 Å². The molecule has 1 aromatic carbocycles. The van der Waals surface area contributed by atoms with Gasteiger partial charge in [0.15, 0.2) is 5.16 Å². The number of carbonyl (C=O) groups is 1. The van der Waals surface area contributed by atoms with Crippen molar-refractivity contribution in [2.75, 3.05) is 38.3 Å². The van der Waals surface area contributed by atoms with Crippen LogP contribution < -0.4 is 4.90 Å². The van der Waals surface area contributed by atoms with Gasteiger partial charge < -0.3 is 14.4 Å². The van der Waals surface area contributed by atoms with Crippen molar-refractivity contribution in [1.29, 1.82) is 0 Å². The maximum absolute atomic E-state index is 12.6. The zero-order valence-electron chi connectivity index (χ0n) is 16.9. The first kappa shape index (κ1) is 20.7. The van der Waals surface area contributed by atoms with Crippen molar-refractivity contribution < 1.29 is 14.3 Å². The van der Waals surface area contributed by atoms with Gasteiger partial charge in [-0.05, 0) is 24.0 Å². The highest BCUT2D eigenvalue weighted by atomic mass is 32.2. The minimum atomic E-state index is -0.487. The highest BCUT2D eigenvalue weighted by molar-refractivity contribution is 8.00. The fourth-order valence-corrected chi connectivity index (χ4v) is 4.39. The first-order valence-electron chi connectivity index (χ1n) is 9.57. The van der Waals surface area contributed by atoms with Gasteiger partial charge in [-0.3, -0.25) is 9.36 Å². The number of hydrogen-bond acceptors (Lipinski definition) is 7. The molecular formula is C20H28N4O3S. The lowest BCUT2D eigenvalue weighted by Gasteiger charge is -2.28. The van der Waals surface area contributed by atoms with Crippen LogP contribution in [0, 0.1) is 12.8 Å². The van der Waals surface area contributed by atoms with E-state index in [0.717, 1.165) is 41.9 Å². The van der Waals surface area contributed by atoms with E-state index in [1.165, 1.54) is 18.9 Å². The van der Waals surface area contributed by atoms with E-state index in [1.807, 2.05) is 31.2 Å². The molecule has 0 amide bonds. The zero-order chi connectivity index (χ0) is 20.1. The van der Waals surface area contributed by atoms with Gasteiger partial charge in [0.2, 0.25) is 5.95 Å². The number of nitrogens with zero attached hydrogens (tertiary/aromatic N) is 4. The van der Waals surface area contributed by atoms with E-state index in [-0.39, 0.29) is 5.97 Å². The van der Waals surface area contributed by atoms with Gasteiger partial charge in [-0.2, -0.15) is 0 Å². The number of carbonyl (C=O) groups excluding carboxylic acids is 1. The molecule has 1 atom stereocenters. The Morgan fingerprint density at radius 1 is 1.25 bits per heavy atom. The van der Waals surface area contributed by atoms with Gasteiger partial charge in [0, 0.05) is 19.6 Å². The largest absolute Gasteiger partial charge is 0.468 e. The molecule has 0 unspecified atom stereocenters. The number of rotatable bonds is 7.